The minimum atomic E-state index is -0.542. The van der Waals surface area contributed by atoms with Gasteiger partial charge in [0.15, 0.2) is 0 Å². The number of hydrogen-bond acceptors (Lipinski definition) is 3. The van der Waals surface area contributed by atoms with Gasteiger partial charge in [-0.15, -0.1) is 0 Å². The molecule has 18 heavy (non-hydrogen) atoms. The standard InChI is InChI=1S/C13H7FN2O2/c14-12-6-8-5-9(16(17)18)7-15-13(8)11-4-2-1-3-10(11)12/h1-7H. The van der Waals surface area contributed by atoms with Crippen molar-refractivity contribution in [1.82, 2.24) is 4.98 Å². The highest BCUT2D eigenvalue weighted by molar-refractivity contribution is 6.05. The van der Waals surface area contributed by atoms with E-state index >= 15 is 0 Å². The predicted octanol–water partition coefficient (Wildman–Crippen LogP) is 3.44. The highest BCUT2D eigenvalue weighted by Crippen LogP contribution is 2.28. The summed E-state index contributed by atoms with van der Waals surface area (Å²) in [4.78, 5) is 14.2. The molecular weight excluding hydrogens is 235 g/mol. The molecule has 0 amide bonds. The smallest absolute Gasteiger partial charge is 0.258 e. The van der Waals surface area contributed by atoms with Gasteiger partial charge < -0.3 is 0 Å². The van der Waals surface area contributed by atoms with Gasteiger partial charge in [-0.2, -0.15) is 0 Å². The molecule has 3 aromatic rings. The van der Waals surface area contributed by atoms with Crippen molar-refractivity contribution in [2.45, 2.75) is 0 Å². The predicted molar refractivity (Wildman–Crippen MR) is 65.9 cm³/mol. The van der Waals surface area contributed by atoms with Crippen LogP contribution in [0.2, 0.25) is 0 Å². The lowest BCUT2D eigenvalue weighted by Gasteiger charge is -2.04. The highest BCUT2D eigenvalue weighted by atomic mass is 19.1. The summed E-state index contributed by atoms with van der Waals surface area (Å²) in [6.07, 6.45) is 1.19. The zero-order valence-electron chi connectivity index (χ0n) is 9.13. The molecule has 0 bridgehead atoms. The van der Waals surface area contributed by atoms with E-state index in [1.165, 1.54) is 18.3 Å². The largest absolute Gasteiger partial charge is 0.288 e. The molecule has 0 N–H and O–H groups in total. The molecule has 1 heterocycles. The second-order valence-electron chi connectivity index (χ2n) is 3.93. The van der Waals surface area contributed by atoms with Gasteiger partial charge in [-0.05, 0) is 6.07 Å². The zero-order chi connectivity index (χ0) is 12.7. The maximum atomic E-state index is 13.9. The first-order valence-electron chi connectivity index (χ1n) is 5.28. The third-order valence-corrected chi connectivity index (χ3v) is 2.84. The number of benzene rings is 2. The van der Waals surface area contributed by atoms with Gasteiger partial charge in [-0.1, -0.05) is 24.3 Å². The number of rotatable bonds is 1. The lowest BCUT2D eigenvalue weighted by atomic mass is 10.1. The summed E-state index contributed by atoms with van der Waals surface area (Å²) in [5, 5.41) is 12.2. The summed E-state index contributed by atoms with van der Waals surface area (Å²) < 4.78 is 13.9. The van der Waals surface area contributed by atoms with Crippen molar-refractivity contribution in [2.75, 3.05) is 0 Å². The average molecular weight is 242 g/mol. The van der Waals surface area contributed by atoms with E-state index in [-0.39, 0.29) is 5.69 Å². The van der Waals surface area contributed by atoms with E-state index in [1.54, 1.807) is 24.3 Å². The Morgan fingerprint density at radius 2 is 1.89 bits per heavy atom. The van der Waals surface area contributed by atoms with Crippen LogP contribution in [0.15, 0.2) is 42.6 Å². The van der Waals surface area contributed by atoms with Crippen LogP contribution in [0, 0.1) is 15.9 Å². The summed E-state index contributed by atoms with van der Waals surface area (Å²) in [7, 11) is 0. The summed E-state index contributed by atoms with van der Waals surface area (Å²) >= 11 is 0. The molecule has 0 atom stereocenters. The van der Waals surface area contributed by atoms with Crippen LogP contribution in [0.25, 0.3) is 21.7 Å². The molecule has 88 valence electrons. The molecule has 0 aliphatic carbocycles. The number of hydrogen-bond donors (Lipinski definition) is 0. The van der Waals surface area contributed by atoms with E-state index in [1.807, 2.05) is 0 Å². The van der Waals surface area contributed by atoms with E-state index in [9.17, 15) is 14.5 Å². The molecule has 1 aromatic heterocycles. The molecule has 0 unspecified atom stereocenters. The fraction of sp³-hybridized carbons (Fsp3) is 0. The Kier molecular flexibility index (Phi) is 2.19. The summed E-state index contributed by atoms with van der Waals surface area (Å²) in [5.41, 5.74) is 0.426. The third-order valence-electron chi connectivity index (χ3n) is 2.84. The number of aromatic nitrogens is 1. The quantitative estimate of drug-likeness (QED) is 0.373. The van der Waals surface area contributed by atoms with Gasteiger partial charge in [0.2, 0.25) is 0 Å². The van der Waals surface area contributed by atoms with Crippen LogP contribution < -0.4 is 0 Å². The molecule has 4 nitrogen and oxygen atoms in total. The van der Waals surface area contributed by atoms with Gasteiger partial charge in [-0.3, -0.25) is 10.1 Å². The van der Waals surface area contributed by atoms with E-state index in [0.29, 0.717) is 21.7 Å². The van der Waals surface area contributed by atoms with Crippen LogP contribution in [0.3, 0.4) is 0 Å². The SMILES string of the molecule is O=[N+]([O-])c1cnc2c(c1)cc(F)c1ccccc12. The Bertz CT molecular complexity index is 786. The number of halogens is 1. The van der Waals surface area contributed by atoms with E-state index in [2.05, 4.69) is 4.98 Å². The van der Waals surface area contributed by atoms with Crippen molar-refractivity contribution in [3.63, 3.8) is 0 Å². The number of fused-ring (bicyclic) bond motifs is 3. The average Bonchev–Trinajstić information content (AvgIpc) is 2.38. The number of pyridine rings is 1. The molecule has 0 fully saturated rings. The molecule has 0 saturated heterocycles. The van der Waals surface area contributed by atoms with Crippen molar-refractivity contribution in [3.05, 3.63) is 58.5 Å². The third kappa shape index (κ3) is 1.48. The minimum Gasteiger partial charge on any atom is -0.258 e. The fourth-order valence-electron chi connectivity index (χ4n) is 2.02. The topological polar surface area (TPSA) is 56.0 Å². The second-order valence-corrected chi connectivity index (χ2v) is 3.93. The van der Waals surface area contributed by atoms with Crippen LogP contribution in [0.1, 0.15) is 0 Å². The van der Waals surface area contributed by atoms with Gasteiger partial charge in [0.1, 0.15) is 12.0 Å². The van der Waals surface area contributed by atoms with Crippen molar-refractivity contribution in [2.24, 2.45) is 0 Å². The van der Waals surface area contributed by atoms with Gasteiger partial charge in [0.05, 0.1) is 10.4 Å². The molecular formula is C13H7FN2O2. The summed E-state index contributed by atoms with van der Waals surface area (Å²) in [6, 6.07) is 9.54. The normalized spacial score (nSPS) is 10.9. The van der Waals surface area contributed by atoms with Crippen LogP contribution in [-0.4, -0.2) is 9.91 Å². The van der Waals surface area contributed by atoms with Gasteiger partial charge in [-0.25, -0.2) is 9.37 Å². The first-order valence-corrected chi connectivity index (χ1v) is 5.28. The van der Waals surface area contributed by atoms with Crippen LogP contribution in [-0.2, 0) is 0 Å². The Morgan fingerprint density at radius 1 is 1.17 bits per heavy atom. The maximum absolute atomic E-state index is 13.9. The van der Waals surface area contributed by atoms with Gasteiger partial charge in [0.25, 0.3) is 5.69 Å². The van der Waals surface area contributed by atoms with Crippen LogP contribution in [0.4, 0.5) is 10.1 Å². The fourth-order valence-corrected chi connectivity index (χ4v) is 2.02. The first-order chi connectivity index (χ1) is 8.66. The lowest BCUT2D eigenvalue weighted by molar-refractivity contribution is -0.385. The van der Waals surface area contributed by atoms with Crippen molar-refractivity contribution >= 4 is 27.4 Å². The monoisotopic (exact) mass is 242 g/mol. The number of nitrogens with zero attached hydrogens (tertiary/aromatic N) is 2. The van der Waals surface area contributed by atoms with Crippen LogP contribution in [0.5, 0.6) is 0 Å². The van der Waals surface area contributed by atoms with E-state index < -0.39 is 10.7 Å². The molecule has 5 heteroatoms. The zero-order valence-corrected chi connectivity index (χ0v) is 9.13. The van der Waals surface area contributed by atoms with E-state index in [4.69, 9.17) is 0 Å². The Labute approximate surface area is 101 Å². The number of nitro groups is 1. The van der Waals surface area contributed by atoms with Crippen molar-refractivity contribution in [3.8, 4) is 0 Å². The van der Waals surface area contributed by atoms with Gasteiger partial charge in [0, 0.05) is 22.2 Å². The van der Waals surface area contributed by atoms with Crippen molar-refractivity contribution < 1.29 is 9.31 Å². The Hall–Kier alpha value is -2.56. The molecule has 2 aromatic carbocycles. The van der Waals surface area contributed by atoms with E-state index in [0.717, 1.165) is 0 Å². The minimum absolute atomic E-state index is 0.141. The van der Waals surface area contributed by atoms with Crippen molar-refractivity contribution in [1.29, 1.82) is 0 Å². The molecule has 0 radical (unpaired) electrons. The summed E-state index contributed by atoms with van der Waals surface area (Å²) in [5.74, 6) is -0.402. The second kappa shape index (κ2) is 3.73. The Morgan fingerprint density at radius 3 is 2.61 bits per heavy atom. The molecule has 0 aliphatic heterocycles. The Balaban J connectivity index is 2.46. The maximum Gasteiger partial charge on any atom is 0.288 e. The molecule has 0 spiro atoms. The first kappa shape index (κ1) is 10.6. The molecule has 0 saturated carbocycles. The lowest BCUT2D eigenvalue weighted by Crippen LogP contribution is -1.91. The van der Waals surface area contributed by atoms with Crippen LogP contribution >= 0.6 is 0 Å². The summed E-state index contributed by atoms with van der Waals surface area (Å²) in [6.45, 7) is 0. The van der Waals surface area contributed by atoms with Gasteiger partial charge >= 0.3 is 0 Å². The molecule has 0 aliphatic rings. The highest BCUT2D eigenvalue weighted by Gasteiger charge is 2.11. The molecule has 3 rings (SSSR count).